The van der Waals surface area contributed by atoms with E-state index < -0.39 is 0 Å². The largest absolute Gasteiger partial charge is 0.386 e. The van der Waals surface area contributed by atoms with E-state index in [-0.39, 0.29) is 18.2 Å². The molecule has 0 aliphatic carbocycles. The molecule has 2 rings (SSSR count). The molecule has 0 fully saturated rings. The first-order chi connectivity index (χ1) is 7.63. The molecule has 1 aromatic carbocycles. The summed E-state index contributed by atoms with van der Waals surface area (Å²) >= 11 is 0. The predicted molar refractivity (Wildman–Crippen MR) is 67.6 cm³/mol. The quantitative estimate of drug-likeness (QED) is 0.898. The van der Waals surface area contributed by atoms with Gasteiger partial charge in [-0.2, -0.15) is 0 Å². The Hall–Kier alpha value is -1.62. The van der Waals surface area contributed by atoms with Gasteiger partial charge in [-0.1, -0.05) is 5.21 Å². The molecule has 0 bridgehead atoms. The Morgan fingerprint density at radius 1 is 1.29 bits per heavy atom. The van der Waals surface area contributed by atoms with Gasteiger partial charge in [0.15, 0.2) is 0 Å². The molecule has 0 saturated heterocycles. The van der Waals surface area contributed by atoms with E-state index in [2.05, 4.69) is 15.6 Å². The molecule has 2 aromatic rings. The maximum absolute atomic E-state index is 13.2. The van der Waals surface area contributed by atoms with Crippen molar-refractivity contribution in [2.24, 2.45) is 0 Å². The molecule has 0 unspecified atom stereocenters. The van der Waals surface area contributed by atoms with Crippen LogP contribution in [0.15, 0.2) is 18.2 Å². The molecule has 0 spiro atoms. The highest BCUT2D eigenvalue weighted by atomic mass is 35.5. The van der Waals surface area contributed by atoms with Crippen molar-refractivity contribution >= 4 is 18.1 Å². The van der Waals surface area contributed by atoms with Gasteiger partial charge in [0.25, 0.3) is 0 Å². The van der Waals surface area contributed by atoms with E-state index in [1.165, 1.54) is 12.1 Å². The van der Waals surface area contributed by atoms with Crippen molar-refractivity contribution in [2.75, 3.05) is 12.4 Å². The molecule has 0 saturated carbocycles. The van der Waals surface area contributed by atoms with E-state index in [0.717, 1.165) is 17.1 Å². The van der Waals surface area contributed by atoms with Gasteiger partial charge in [-0.3, -0.25) is 0 Å². The molecule has 0 aliphatic rings. The maximum Gasteiger partial charge on any atom is 0.125 e. The molecular weight excluding hydrogens is 243 g/mol. The summed E-state index contributed by atoms with van der Waals surface area (Å²) in [6.07, 6.45) is 0. The second-order valence-corrected chi connectivity index (χ2v) is 3.58. The van der Waals surface area contributed by atoms with Crippen molar-refractivity contribution in [3.63, 3.8) is 0 Å². The van der Waals surface area contributed by atoms with Crippen molar-refractivity contribution in [1.82, 2.24) is 15.0 Å². The van der Waals surface area contributed by atoms with E-state index in [1.807, 2.05) is 13.8 Å². The summed E-state index contributed by atoms with van der Waals surface area (Å²) in [6.45, 7) is 3.77. The van der Waals surface area contributed by atoms with Crippen LogP contribution in [-0.4, -0.2) is 22.0 Å². The first-order valence-electron chi connectivity index (χ1n) is 5.00. The van der Waals surface area contributed by atoms with E-state index in [1.54, 1.807) is 17.8 Å². The minimum Gasteiger partial charge on any atom is -0.386 e. The molecule has 6 heteroatoms. The van der Waals surface area contributed by atoms with Gasteiger partial charge >= 0.3 is 0 Å². The number of rotatable bonds is 2. The van der Waals surface area contributed by atoms with Gasteiger partial charge in [-0.15, -0.1) is 17.5 Å². The molecule has 92 valence electrons. The minimum atomic E-state index is -0.290. The lowest BCUT2D eigenvalue weighted by atomic mass is 10.2. The number of hydrogen-bond acceptors (Lipinski definition) is 3. The van der Waals surface area contributed by atoms with E-state index >= 15 is 0 Å². The monoisotopic (exact) mass is 256 g/mol. The molecule has 1 N–H and O–H groups in total. The van der Waals surface area contributed by atoms with E-state index in [9.17, 15) is 4.39 Å². The van der Waals surface area contributed by atoms with Gasteiger partial charge in [0, 0.05) is 13.1 Å². The summed E-state index contributed by atoms with van der Waals surface area (Å²) in [6, 6.07) is 4.53. The molecule has 0 aliphatic heterocycles. The normalized spacial score (nSPS) is 9.88. The molecule has 0 atom stereocenters. The van der Waals surface area contributed by atoms with Crippen LogP contribution in [0.3, 0.4) is 0 Å². The van der Waals surface area contributed by atoms with Crippen LogP contribution in [-0.2, 0) is 0 Å². The average molecular weight is 257 g/mol. The van der Waals surface area contributed by atoms with Crippen LogP contribution in [0.1, 0.15) is 11.4 Å². The topological polar surface area (TPSA) is 42.7 Å². The third kappa shape index (κ3) is 2.39. The van der Waals surface area contributed by atoms with Crippen LogP contribution in [0.2, 0.25) is 0 Å². The van der Waals surface area contributed by atoms with E-state index in [4.69, 9.17) is 0 Å². The highest BCUT2D eigenvalue weighted by Gasteiger charge is 2.10. The zero-order valence-corrected chi connectivity index (χ0v) is 10.7. The van der Waals surface area contributed by atoms with Crippen LogP contribution >= 0.6 is 12.4 Å². The Labute approximate surface area is 105 Å². The molecule has 0 radical (unpaired) electrons. The third-order valence-corrected chi connectivity index (χ3v) is 2.58. The van der Waals surface area contributed by atoms with Crippen LogP contribution < -0.4 is 5.32 Å². The predicted octanol–water partition coefficient (Wildman–Crippen LogP) is 2.49. The summed E-state index contributed by atoms with van der Waals surface area (Å²) in [4.78, 5) is 0. The van der Waals surface area contributed by atoms with Crippen LogP contribution in [0.4, 0.5) is 10.1 Å². The second-order valence-electron chi connectivity index (χ2n) is 3.58. The van der Waals surface area contributed by atoms with Crippen LogP contribution in [0, 0.1) is 19.7 Å². The Kier molecular flexibility index (Phi) is 4.07. The van der Waals surface area contributed by atoms with Gasteiger partial charge in [-0.05, 0) is 26.0 Å². The zero-order valence-electron chi connectivity index (χ0n) is 9.86. The summed E-state index contributed by atoms with van der Waals surface area (Å²) in [5, 5.41) is 11.0. The number of aryl methyl sites for hydroxylation is 1. The number of halogens is 2. The number of nitrogens with zero attached hydrogens (tertiary/aromatic N) is 3. The summed E-state index contributed by atoms with van der Waals surface area (Å²) in [7, 11) is 1.79. The third-order valence-electron chi connectivity index (χ3n) is 2.58. The Balaban J connectivity index is 0.00000144. The van der Waals surface area contributed by atoms with Crippen LogP contribution in [0.5, 0.6) is 0 Å². The van der Waals surface area contributed by atoms with Gasteiger partial charge in [0.2, 0.25) is 0 Å². The number of anilines is 1. The first-order valence-corrected chi connectivity index (χ1v) is 5.00. The van der Waals surface area contributed by atoms with Crippen molar-refractivity contribution < 1.29 is 4.39 Å². The van der Waals surface area contributed by atoms with Crippen LogP contribution in [0.25, 0.3) is 5.69 Å². The molecule has 0 amide bonds. The molecule has 1 heterocycles. The van der Waals surface area contributed by atoms with Crippen molar-refractivity contribution in [1.29, 1.82) is 0 Å². The number of benzene rings is 1. The lowest BCUT2D eigenvalue weighted by molar-refractivity contribution is 0.624. The van der Waals surface area contributed by atoms with Gasteiger partial charge in [0.05, 0.1) is 22.8 Å². The first kappa shape index (κ1) is 13.4. The Morgan fingerprint density at radius 2 is 2.00 bits per heavy atom. The van der Waals surface area contributed by atoms with Gasteiger partial charge < -0.3 is 5.32 Å². The van der Waals surface area contributed by atoms with Gasteiger partial charge in [0.1, 0.15) is 5.82 Å². The van der Waals surface area contributed by atoms with E-state index in [0.29, 0.717) is 5.69 Å². The molecular formula is C11H14ClFN4. The summed E-state index contributed by atoms with van der Waals surface area (Å²) in [5.41, 5.74) is 3.23. The summed E-state index contributed by atoms with van der Waals surface area (Å²) in [5.74, 6) is -0.290. The molecule has 1 aromatic heterocycles. The molecule has 4 nitrogen and oxygen atoms in total. The number of aromatic nitrogens is 3. The molecule has 17 heavy (non-hydrogen) atoms. The highest BCUT2D eigenvalue weighted by Crippen LogP contribution is 2.22. The minimum absolute atomic E-state index is 0. The lowest BCUT2D eigenvalue weighted by Gasteiger charge is -2.09. The zero-order chi connectivity index (χ0) is 11.7. The smallest absolute Gasteiger partial charge is 0.125 e. The van der Waals surface area contributed by atoms with Crippen molar-refractivity contribution in [2.45, 2.75) is 13.8 Å². The maximum atomic E-state index is 13.2. The SMILES string of the molecule is CNc1ccc(F)cc1-n1nnc(C)c1C.Cl. The fourth-order valence-corrected chi connectivity index (χ4v) is 1.52. The van der Waals surface area contributed by atoms with Gasteiger partial charge in [-0.25, -0.2) is 9.07 Å². The fraction of sp³-hybridized carbons (Fsp3) is 0.273. The number of hydrogen-bond donors (Lipinski definition) is 1. The summed E-state index contributed by atoms with van der Waals surface area (Å²) < 4.78 is 14.8. The fourth-order valence-electron chi connectivity index (χ4n) is 1.52. The Morgan fingerprint density at radius 3 is 2.53 bits per heavy atom. The highest BCUT2D eigenvalue weighted by molar-refractivity contribution is 5.85. The van der Waals surface area contributed by atoms with Crippen molar-refractivity contribution in [3.05, 3.63) is 35.4 Å². The number of nitrogens with one attached hydrogen (secondary N) is 1. The van der Waals surface area contributed by atoms with Crippen molar-refractivity contribution in [3.8, 4) is 5.69 Å². The Bertz CT molecular complexity index is 524. The average Bonchev–Trinajstić information content (AvgIpc) is 2.60. The second kappa shape index (κ2) is 5.14. The lowest BCUT2D eigenvalue weighted by Crippen LogP contribution is -2.04. The standard InChI is InChI=1S/C11H13FN4.ClH/c1-7-8(2)16(15-14-7)11-6-9(12)4-5-10(11)13-3;/h4-6,13H,1-3H3;1H.